The van der Waals surface area contributed by atoms with E-state index in [9.17, 15) is 0 Å². The van der Waals surface area contributed by atoms with Crippen LogP contribution in [0.15, 0.2) is 17.6 Å². The van der Waals surface area contributed by atoms with Gasteiger partial charge in [-0.3, -0.25) is 0 Å². The first-order chi connectivity index (χ1) is 7.16. The minimum absolute atomic E-state index is 0.137. The molecule has 0 radical (unpaired) electrons. The molecule has 2 atom stereocenters. The zero-order valence-corrected chi connectivity index (χ0v) is 10.3. The highest BCUT2D eigenvalue weighted by atomic mass is 16.5. The number of unbranched alkanes of at least 4 members (excludes halogenated alkanes) is 1. The lowest BCUT2D eigenvalue weighted by Crippen LogP contribution is -2.36. The molecule has 0 aromatic carbocycles. The third-order valence-electron chi connectivity index (χ3n) is 3.04. The van der Waals surface area contributed by atoms with E-state index >= 15 is 0 Å². The van der Waals surface area contributed by atoms with E-state index in [2.05, 4.69) is 32.3 Å². The normalized spacial score (nSPS) is 29.8. The molecule has 1 rings (SSSR count). The molecule has 0 aliphatic carbocycles. The van der Waals surface area contributed by atoms with Gasteiger partial charge in [-0.05, 0) is 13.3 Å². The molecule has 0 saturated heterocycles. The second-order valence-corrected chi connectivity index (χ2v) is 4.44. The maximum absolute atomic E-state index is 5.93. The fourth-order valence-electron chi connectivity index (χ4n) is 2.07. The van der Waals surface area contributed by atoms with Gasteiger partial charge in [0.2, 0.25) is 0 Å². The van der Waals surface area contributed by atoms with E-state index in [1.807, 2.05) is 6.08 Å². The Kier molecular flexibility index (Phi) is 4.37. The Morgan fingerprint density at radius 1 is 1.53 bits per heavy atom. The summed E-state index contributed by atoms with van der Waals surface area (Å²) in [6.07, 6.45) is 7.29. The first kappa shape index (κ1) is 12.3. The van der Waals surface area contributed by atoms with Gasteiger partial charge in [-0.1, -0.05) is 32.8 Å². The predicted molar refractivity (Wildman–Crippen MR) is 65.3 cm³/mol. The molecule has 0 aromatic rings. The number of hydrogen-bond donors (Lipinski definition) is 0. The van der Waals surface area contributed by atoms with E-state index in [-0.39, 0.29) is 5.60 Å². The maximum Gasteiger partial charge on any atom is 0.184 e. The van der Waals surface area contributed by atoms with Gasteiger partial charge in [0.1, 0.15) is 5.60 Å². The van der Waals surface area contributed by atoms with Crippen molar-refractivity contribution in [1.29, 1.82) is 0 Å². The van der Waals surface area contributed by atoms with E-state index < -0.39 is 0 Å². The van der Waals surface area contributed by atoms with E-state index in [4.69, 9.17) is 4.74 Å². The highest BCUT2D eigenvalue weighted by Gasteiger charge is 2.40. The first-order valence-electron chi connectivity index (χ1n) is 6.02. The minimum atomic E-state index is -0.137. The van der Waals surface area contributed by atoms with Crippen molar-refractivity contribution in [1.82, 2.24) is 0 Å². The summed E-state index contributed by atoms with van der Waals surface area (Å²) in [6, 6.07) is 0.324. The van der Waals surface area contributed by atoms with Crippen molar-refractivity contribution in [2.24, 2.45) is 4.99 Å². The second kappa shape index (κ2) is 5.34. The molecule has 0 aromatic heterocycles. The fourth-order valence-corrected chi connectivity index (χ4v) is 2.07. The predicted octanol–water partition coefficient (Wildman–Crippen LogP) is 3.72. The van der Waals surface area contributed by atoms with Crippen LogP contribution >= 0.6 is 0 Å². The summed E-state index contributed by atoms with van der Waals surface area (Å²) in [6.45, 7) is 10.3. The average molecular weight is 209 g/mol. The van der Waals surface area contributed by atoms with E-state index in [1.54, 1.807) is 0 Å². The topological polar surface area (TPSA) is 21.6 Å². The van der Waals surface area contributed by atoms with Crippen molar-refractivity contribution >= 4 is 5.90 Å². The Bertz CT molecular complexity index is 247. The standard InChI is InChI=1S/C13H23NO/c1-5-8-9-11-13(4,10-6-2)15-12(7-3)14-11/h6,11H,2,5,7-10H2,1,3-4H3. The van der Waals surface area contributed by atoms with Crippen molar-refractivity contribution in [3.63, 3.8) is 0 Å². The molecule has 0 amide bonds. The summed E-state index contributed by atoms with van der Waals surface area (Å²) in [5.41, 5.74) is -0.137. The molecule has 0 bridgehead atoms. The number of aliphatic imine (C=N–C) groups is 1. The molecule has 0 fully saturated rings. The van der Waals surface area contributed by atoms with Crippen molar-refractivity contribution in [2.75, 3.05) is 0 Å². The Morgan fingerprint density at radius 3 is 2.80 bits per heavy atom. The zero-order chi connectivity index (χ0) is 11.3. The summed E-state index contributed by atoms with van der Waals surface area (Å²) in [4.78, 5) is 4.66. The molecule has 2 unspecified atom stereocenters. The van der Waals surface area contributed by atoms with Crippen LogP contribution in [0.1, 0.15) is 52.9 Å². The van der Waals surface area contributed by atoms with Crippen LogP contribution in [0, 0.1) is 0 Å². The lowest BCUT2D eigenvalue weighted by atomic mass is 9.90. The molecule has 0 saturated carbocycles. The number of hydrogen-bond acceptors (Lipinski definition) is 2. The van der Waals surface area contributed by atoms with Gasteiger partial charge in [0.25, 0.3) is 0 Å². The van der Waals surface area contributed by atoms with Crippen LogP contribution in [0.3, 0.4) is 0 Å². The summed E-state index contributed by atoms with van der Waals surface area (Å²) in [5.74, 6) is 0.917. The summed E-state index contributed by atoms with van der Waals surface area (Å²) >= 11 is 0. The fraction of sp³-hybridized carbons (Fsp3) is 0.769. The van der Waals surface area contributed by atoms with Crippen LogP contribution in [0.5, 0.6) is 0 Å². The van der Waals surface area contributed by atoms with Gasteiger partial charge in [0.05, 0.1) is 6.04 Å². The van der Waals surface area contributed by atoms with Crippen LogP contribution < -0.4 is 0 Å². The SMILES string of the molecule is C=CCC1(C)OC(CC)=NC1CCCC. The Hall–Kier alpha value is -0.790. The molecule has 1 heterocycles. The molecule has 0 spiro atoms. The Morgan fingerprint density at radius 2 is 2.27 bits per heavy atom. The van der Waals surface area contributed by atoms with E-state index in [1.165, 1.54) is 12.8 Å². The third-order valence-corrected chi connectivity index (χ3v) is 3.04. The van der Waals surface area contributed by atoms with Gasteiger partial charge >= 0.3 is 0 Å². The molecule has 1 aliphatic rings. The van der Waals surface area contributed by atoms with Crippen LogP contribution in [0.4, 0.5) is 0 Å². The molecule has 2 heteroatoms. The second-order valence-electron chi connectivity index (χ2n) is 4.44. The monoisotopic (exact) mass is 209 g/mol. The quantitative estimate of drug-likeness (QED) is 0.611. The van der Waals surface area contributed by atoms with E-state index in [0.717, 1.165) is 25.2 Å². The van der Waals surface area contributed by atoms with Crippen LogP contribution in [0.25, 0.3) is 0 Å². The van der Waals surface area contributed by atoms with E-state index in [0.29, 0.717) is 6.04 Å². The van der Waals surface area contributed by atoms with Crippen molar-refractivity contribution < 1.29 is 4.74 Å². The molecule has 2 nitrogen and oxygen atoms in total. The van der Waals surface area contributed by atoms with Crippen LogP contribution in [0.2, 0.25) is 0 Å². The maximum atomic E-state index is 5.93. The Balaban J connectivity index is 2.67. The molecule has 0 N–H and O–H groups in total. The molecular formula is C13H23NO. The van der Waals surface area contributed by atoms with Crippen LogP contribution in [-0.2, 0) is 4.74 Å². The highest BCUT2D eigenvalue weighted by Crippen LogP contribution is 2.33. The van der Waals surface area contributed by atoms with Gasteiger partial charge in [-0.2, -0.15) is 0 Å². The van der Waals surface area contributed by atoms with Gasteiger partial charge in [-0.25, -0.2) is 4.99 Å². The van der Waals surface area contributed by atoms with Gasteiger partial charge in [0.15, 0.2) is 5.90 Å². The van der Waals surface area contributed by atoms with Gasteiger partial charge in [-0.15, -0.1) is 6.58 Å². The lowest BCUT2D eigenvalue weighted by Gasteiger charge is -2.28. The number of nitrogens with zero attached hydrogens (tertiary/aromatic N) is 1. The molecule has 1 aliphatic heterocycles. The summed E-state index contributed by atoms with van der Waals surface area (Å²) in [7, 11) is 0. The van der Waals surface area contributed by atoms with Gasteiger partial charge < -0.3 is 4.74 Å². The van der Waals surface area contributed by atoms with Crippen molar-refractivity contribution in [3.8, 4) is 0 Å². The summed E-state index contributed by atoms with van der Waals surface area (Å²) in [5, 5.41) is 0. The molecular weight excluding hydrogens is 186 g/mol. The number of ether oxygens (including phenoxy) is 1. The Labute approximate surface area is 93.4 Å². The third kappa shape index (κ3) is 2.83. The van der Waals surface area contributed by atoms with Crippen molar-refractivity contribution in [3.05, 3.63) is 12.7 Å². The van der Waals surface area contributed by atoms with Crippen molar-refractivity contribution in [2.45, 2.75) is 64.5 Å². The van der Waals surface area contributed by atoms with Gasteiger partial charge in [0, 0.05) is 12.8 Å². The number of rotatable bonds is 6. The van der Waals surface area contributed by atoms with Crippen LogP contribution in [-0.4, -0.2) is 17.5 Å². The first-order valence-corrected chi connectivity index (χ1v) is 6.02. The molecule has 86 valence electrons. The minimum Gasteiger partial charge on any atom is -0.472 e. The average Bonchev–Trinajstić information content (AvgIpc) is 2.53. The largest absolute Gasteiger partial charge is 0.472 e. The zero-order valence-electron chi connectivity index (χ0n) is 10.3. The lowest BCUT2D eigenvalue weighted by molar-refractivity contribution is 0.0731. The summed E-state index contributed by atoms with van der Waals surface area (Å²) < 4.78 is 5.93. The smallest absolute Gasteiger partial charge is 0.184 e. The molecule has 15 heavy (non-hydrogen) atoms. The highest BCUT2D eigenvalue weighted by molar-refractivity contribution is 5.78.